The fraction of sp³-hybridized carbons (Fsp3) is 0.333. The number of hydrogen-bond acceptors (Lipinski definition) is 6. The number of thiazole rings is 1. The molecule has 1 amide bonds. The summed E-state index contributed by atoms with van der Waals surface area (Å²) >= 11 is 10.9. The molecule has 0 atom stereocenters. The van der Waals surface area contributed by atoms with Crippen molar-refractivity contribution in [3.05, 3.63) is 47.5 Å². The highest BCUT2D eigenvalue weighted by molar-refractivity contribution is 7.99. The highest BCUT2D eigenvalue weighted by atomic mass is 35.5. The standard InChI is InChI=1S/C21H24ClN3OS3.ClH/c1-24(2)11-12-25(20(26)10-13-28-16-6-4-15(22)5-7-16)21-23-18-9-8-17(27-3)14-19(18)29-21;/h4-9,14H,10-13H2,1-3H3;1H. The summed E-state index contributed by atoms with van der Waals surface area (Å²) in [5.74, 6) is 0.831. The number of amides is 1. The van der Waals surface area contributed by atoms with Crippen molar-refractivity contribution in [2.75, 3.05) is 44.1 Å². The van der Waals surface area contributed by atoms with Crippen LogP contribution in [0.1, 0.15) is 6.42 Å². The van der Waals surface area contributed by atoms with Gasteiger partial charge in [0.2, 0.25) is 5.91 Å². The molecule has 0 unspecified atom stereocenters. The fourth-order valence-electron chi connectivity index (χ4n) is 2.68. The van der Waals surface area contributed by atoms with E-state index in [4.69, 9.17) is 16.6 Å². The minimum Gasteiger partial charge on any atom is -0.308 e. The Labute approximate surface area is 201 Å². The van der Waals surface area contributed by atoms with E-state index in [2.05, 4.69) is 23.3 Å². The second-order valence-electron chi connectivity index (χ2n) is 6.73. The van der Waals surface area contributed by atoms with Gasteiger partial charge in [-0.15, -0.1) is 35.9 Å². The van der Waals surface area contributed by atoms with Gasteiger partial charge >= 0.3 is 0 Å². The minimum absolute atomic E-state index is 0. The first-order valence-electron chi connectivity index (χ1n) is 9.24. The third-order valence-electron chi connectivity index (χ3n) is 4.29. The first-order chi connectivity index (χ1) is 14.0. The number of carbonyl (C=O) groups is 1. The maximum absolute atomic E-state index is 13.0. The first-order valence-corrected chi connectivity index (χ1v) is 12.6. The van der Waals surface area contributed by atoms with Crippen LogP contribution >= 0.6 is 58.9 Å². The van der Waals surface area contributed by atoms with Crippen molar-refractivity contribution in [3.8, 4) is 0 Å². The highest BCUT2D eigenvalue weighted by Crippen LogP contribution is 2.32. The number of thioether (sulfide) groups is 2. The van der Waals surface area contributed by atoms with E-state index < -0.39 is 0 Å². The maximum Gasteiger partial charge on any atom is 0.229 e. The molecule has 3 aromatic rings. The van der Waals surface area contributed by atoms with Crippen LogP contribution in [0.4, 0.5) is 5.13 Å². The molecule has 0 radical (unpaired) electrons. The average Bonchev–Trinajstić information content (AvgIpc) is 3.12. The summed E-state index contributed by atoms with van der Waals surface area (Å²) in [6.07, 6.45) is 2.53. The number of halogens is 2. The smallest absolute Gasteiger partial charge is 0.229 e. The zero-order valence-corrected chi connectivity index (χ0v) is 21.2. The van der Waals surface area contributed by atoms with Crippen LogP contribution in [-0.2, 0) is 4.79 Å². The SMILES string of the molecule is CSc1ccc2nc(N(CCN(C)C)C(=O)CCSc3ccc(Cl)cc3)sc2c1.Cl. The lowest BCUT2D eigenvalue weighted by molar-refractivity contribution is -0.118. The third-order valence-corrected chi connectivity index (χ3v) is 7.32. The van der Waals surface area contributed by atoms with Crippen LogP contribution in [-0.4, -0.2) is 55.0 Å². The molecule has 0 aliphatic heterocycles. The summed E-state index contributed by atoms with van der Waals surface area (Å²) in [5.41, 5.74) is 0.945. The quantitative estimate of drug-likeness (QED) is 0.327. The molecular weight excluding hydrogens is 477 g/mol. The van der Waals surface area contributed by atoms with E-state index in [0.29, 0.717) is 13.0 Å². The van der Waals surface area contributed by atoms with Crippen LogP contribution in [0.25, 0.3) is 10.2 Å². The van der Waals surface area contributed by atoms with Crippen molar-refractivity contribution in [1.29, 1.82) is 0 Å². The molecular formula is C21H25Cl2N3OS3. The number of aromatic nitrogens is 1. The predicted octanol–water partition coefficient (Wildman–Crippen LogP) is 6.17. The van der Waals surface area contributed by atoms with Gasteiger partial charge in [0.25, 0.3) is 0 Å². The lowest BCUT2D eigenvalue weighted by atomic mass is 10.3. The Morgan fingerprint density at radius 3 is 2.47 bits per heavy atom. The van der Waals surface area contributed by atoms with Gasteiger partial charge in [0.05, 0.1) is 10.2 Å². The Kier molecular flexibility index (Phi) is 10.3. The fourth-order valence-corrected chi connectivity index (χ4v) is 5.21. The number of anilines is 1. The normalized spacial score (nSPS) is 11.0. The lowest BCUT2D eigenvalue weighted by Crippen LogP contribution is -2.36. The Hall–Kier alpha value is -0.960. The summed E-state index contributed by atoms with van der Waals surface area (Å²) < 4.78 is 1.12. The first kappa shape index (κ1) is 25.3. The molecule has 162 valence electrons. The van der Waals surface area contributed by atoms with E-state index in [1.807, 2.05) is 49.3 Å². The lowest BCUT2D eigenvalue weighted by Gasteiger charge is -2.22. The van der Waals surface area contributed by atoms with Crippen LogP contribution in [0.3, 0.4) is 0 Å². The van der Waals surface area contributed by atoms with Crippen molar-refractivity contribution >= 4 is 80.1 Å². The summed E-state index contributed by atoms with van der Waals surface area (Å²) in [5, 5.41) is 1.50. The summed E-state index contributed by atoms with van der Waals surface area (Å²) in [4.78, 5) is 24.0. The minimum atomic E-state index is 0. The predicted molar refractivity (Wildman–Crippen MR) is 136 cm³/mol. The molecule has 4 nitrogen and oxygen atoms in total. The van der Waals surface area contributed by atoms with Gasteiger partial charge < -0.3 is 4.90 Å². The van der Waals surface area contributed by atoms with Gasteiger partial charge in [-0.2, -0.15) is 0 Å². The number of nitrogens with zero attached hydrogens (tertiary/aromatic N) is 3. The Morgan fingerprint density at radius 2 is 1.80 bits per heavy atom. The van der Waals surface area contributed by atoms with E-state index >= 15 is 0 Å². The van der Waals surface area contributed by atoms with Gasteiger partial charge in [-0.3, -0.25) is 9.69 Å². The van der Waals surface area contributed by atoms with Crippen molar-refractivity contribution < 1.29 is 4.79 Å². The van der Waals surface area contributed by atoms with E-state index in [1.54, 1.807) is 34.9 Å². The molecule has 1 aromatic heterocycles. The molecule has 1 heterocycles. The van der Waals surface area contributed by atoms with Gasteiger partial charge in [0.1, 0.15) is 0 Å². The monoisotopic (exact) mass is 501 g/mol. The van der Waals surface area contributed by atoms with Gasteiger partial charge in [-0.05, 0) is 62.8 Å². The molecule has 9 heteroatoms. The van der Waals surface area contributed by atoms with Crippen LogP contribution in [0.15, 0.2) is 52.3 Å². The summed E-state index contributed by atoms with van der Waals surface area (Å²) in [6.45, 7) is 1.43. The van der Waals surface area contributed by atoms with E-state index in [1.165, 1.54) is 4.90 Å². The summed E-state index contributed by atoms with van der Waals surface area (Å²) in [6, 6.07) is 14.0. The van der Waals surface area contributed by atoms with Gasteiger partial charge in [0.15, 0.2) is 5.13 Å². The van der Waals surface area contributed by atoms with Gasteiger partial charge in [-0.1, -0.05) is 22.9 Å². The van der Waals surface area contributed by atoms with E-state index in [-0.39, 0.29) is 18.3 Å². The zero-order valence-electron chi connectivity index (χ0n) is 17.1. The highest BCUT2D eigenvalue weighted by Gasteiger charge is 2.20. The molecule has 0 saturated carbocycles. The van der Waals surface area contributed by atoms with Gasteiger partial charge in [0, 0.05) is 40.1 Å². The molecule has 0 saturated heterocycles. The molecule has 0 N–H and O–H groups in total. The Bertz CT molecular complexity index is 964. The molecule has 0 spiro atoms. The zero-order chi connectivity index (χ0) is 20.8. The molecule has 0 fully saturated rings. The van der Waals surface area contributed by atoms with E-state index in [0.717, 1.165) is 37.6 Å². The maximum atomic E-state index is 13.0. The number of carbonyl (C=O) groups excluding carboxylic acids is 1. The number of benzene rings is 2. The van der Waals surface area contributed by atoms with Crippen molar-refractivity contribution in [3.63, 3.8) is 0 Å². The number of rotatable bonds is 9. The number of fused-ring (bicyclic) bond motifs is 1. The summed E-state index contributed by atoms with van der Waals surface area (Å²) in [7, 11) is 4.03. The number of likely N-dealkylation sites (N-methyl/N-ethyl adjacent to an activating group) is 1. The van der Waals surface area contributed by atoms with Crippen LogP contribution in [0.2, 0.25) is 5.02 Å². The topological polar surface area (TPSA) is 36.4 Å². The van der Waals surface area contributed by atoms with Crippen LogP contribution in [0.5, 0.6) is 0 Å². The van der Waals surface area contributed by atoms with Crippen LogP contribution in [0, 0.1) is 0 Å². The number of hydrogen-bond donors (Lipinski definition) is 0. The molecule has 3 rings (SSSR count). The Balaban J connectivity index is 0.00000320. The Morgan fingerprint density at radius 1 is 1.10 bits per heavy atom. The second kappa shape index (κ2) is 12.2. The van der Waals surface area contributed by atoms with E-state index in [9.17, 15) is 4.79 Å². The van der Waals surface area contributed by atoms with Gasteiger partial charge in [-0.25, -0.2) is 4.98 Å². The second-order valence-corrected chi connectivity index (χ2v) is 10.2. The van der Waals surface area contributed by atoms with Crippen molar-refractivity contribution in [2.45, 2.75) is 16.2 Å². The third kappa shape index (κ3) is 7.04. The van der Waals surface area contributed by atoms with Crippen molar-refractivity contribution in [1.82, 2.24) is 9.88 Å². The molecule has 0 bridgehead atoms. The average molecular weight is 503 g/mol. The largest absolute Gasteiger partial charge is 0.308 e. The molecule has 2 aromatic carbocycles. The van der Waals surface area contributed by atoms with Crippen molar-refractivity contribution in [2.24, 2.45) is 0 Å². The molecule has 30 heavy (non-hydrogen) atoms. The molecule has 0 aliphatic rings. The van der Waals surface area contributed by atoms with Crippen LogP contribution < -0.4 is 4.90 Å². The molecule has 0 aliphatic carbocycles.